The molecule has 15 nitrogen and oxygen atoms in total. The standard InChI is InChI=1S/C45H64N2O13Si/c1-43(2,3)59-41(51)46-33(39(49)54-11)23-28-15-19-31(20-16-28)57-36-25-30(35(48)27-56-61(13,14)45(7,8)9)26-37(38(36)53-10)58-32-21-17-29(18-22-32)24-34(40(50)55-12)47-42(52)60-44(4,5)6/h15-22,25-26,33-35,48H,23-24,27H2,1-14H3,(H,46,51)(H,47,52)/t33-,34-,35+/m0/s1. The maximum absolute atomic E-state index is 12.6. The summed E-state index contributed by atoms with van der Waals surface area (Å²) in [5, 5.41) is 16.6. The van der Waals surface area contributed by atoms with Crippen molar-refractivity contribution in [1.82, 2.24) is 10.6 Å². The third-order valence-electron chi connectivity index (χ3n) is 9.58. The Hall–Kier alpha value is -5.32. The van der Waals surface area contributed by atoms with Gasteiger partial charge in [0.2, 0.25) is 5.75 Å². The average Bonchev–Trinajstić information content (AvgIpc) is 3.15. The van der Waals surface area contributed by atoms with Crippen molar-refractivity contribution in [3.8, 4) is 28.7 Å². The van der Waals surface area contributed by atoms with E-state index in [1.54, 1.807) is 102 Å². The molecule has 2 amide bonds. The molecule has 3 aromatic carbocycles. The van der Waals surface area contributed by atoms with E-state index in [4.69, 9.17) is 37.6 Å². The number of esters is 2. The minimum atomic E-state index is -2.23. The van der Waals surface area contributed by atoms with E-state index < -0.39 is 61.8 Å². The van der Waals surface area contributed by atoms with Gasteiger partial charge in [0.25, 0.3) is 0 Å². The van der Waals surface area contributed by atoms with Gasteiger partial charge in [-0.1, -0.05) is 45.0 Å². The summed E-state index contributed by atoms with van der Waals surface area (Å²) in [6.45, 7) is 20.9. The molecule has 0 fully saturated rings. The van der Waals surface area contributed by atoms with Gasteiger partial charge in [-0.15, -0.1) is 0 Å². The Bertz CT molecular complexity index is 1830. The van der Waals surface area contributed by atoms with Gasteiger partial charge in [0.05, 0.1) is 27.9 Å². The lowest BCUT2D eigenvalue weighted by molar-refractivity contribution is -0.143. The van der Waals surface area contributed by atoms with Crippen molar-refractivity contribution in [3.63, 3.8) is 0 Å². The zero-order valence-electron chi connectivity index (χ0n) is 38.0. The quantitative estimate of drug-likeness (QED) is 0.0666. The molecule has 0 bridgehead atoms. The van der Waals surface area contributed by atoms with Gasteiger partial charge in [-0.05, 0) is 113 Å². The molecule has 61 heavy (non-hydrogen) atoms. The molecule has 336 valence electrons. The summed E-state index contributed by atoms with van der Waals surface area (Å²) in [4.78, 5) is 50.0. The molecule has 0 heterocycles. The number of amides is 2. The fourth-order valence-corrected chi connectivity index (χ4v) is 6.43. The van der Waals surface area contributed by atoms with Gasteiger partial charge in [-0.2, -0.15) is 0 Å². The summed E-state index contributed by atoms with van der Waals surface area (Å²) < 4.78 is 45.4. The van der Waals surface area contributed by atoms with E-state index in [0.717, 1.165) is 0 Å². The highest BCUT2D eigenvalue weighted by atomic mass is 28.4. The highest BCUT2D eigenvalue weighted by Crippen LogP contribution is 2.44. The molecule has 16 heteroatoms. The average molecular weight is 869 g/mol. The van der Waals surface area contributed by atoms with E-state index >= 15 is 0 Å². The lowest BCUT2D eigenvalue weighted by Crippen LogP contribution is -2.45. The Morgan fingerprint density at radius 2 is 1.02 bits per heavy atom. The Morgan fingerprint density at radius 1 is 0.639 bits per heavy atom. The van der Waals surface area contributed by atoms with E-state index in [1.165, 1.54) is 21.3 Å². The topological polar surface area (TPSA) is 186 Å². The Labute approximate surface area is 360 Å². The first-order valence-corrected chi connectivity index (χ1v) is 22.9. The van der Waals surface area contributed by atoms with Crippen molar-refractivity contribution in [2.75, 3.05) is 27.9 Å². The molecule has 0 saturated heterocycles. The molecule has 3 atom stereocenters. The fraction of sp³-hybridized carbons (Fsp3) is 0.511. The van der Waals surface area contributed by atoms with Crippen LogP contribution in [0.3, 0.4) is 0 Å². The van der Waals surface area contributed by atoms with Crippen LogP contribution in [0.5, 0.6) is 28.7 Å². The minimum Gasteiger partial charge on any atom is -0.490 e. The van der Waals surface area contributed by atoms with Crippen LogP contribution in [-0.2, 0) is 45.8 Å². The summed E-state index contributed by atoms with van der Waals surface area (Å²) in [5.41, 5.74) is 0.325. The number of carbonyl (C=O) groups is 4. The maximum atomic E-state index is 12.6. The van der Waals surface area contributed by atoms with Gasteiger partial charge < -0.3 is 53.3 Å². The summed E-state index contributed by atoms with van der Waals surface area (Å²) in [5.74, 6) is 0.234. The predicted molar refractivity (Wildman–Crippen MR) is 232 cm³/mol. The van der Waals surface area contributed by atoms with Crippen LogP contribution >= 0.6 is 0 Å². The first-order chi connectivity index (χ1) is 28.2. The van der Waals surface area contributed by atoms with Crippen molar-refractivity contribution >= 4 is 32.4 Å². The zero-order valence-corrected chi connectivity index (χ0v) is 39.0. The number of methoxy groups -OCH3 is 3. The number of aliphatic hydroxyl groups excluding tert-OH is 1. The van der Waals surface area contributed by atoms with E-state index in [-0.39, 0.29) is 41.7 Å². The Kier molecular flexibility index (Phi) is 17.2. The smallest absolute Gasteiger partial charge is 0.408 e. The third kappa shape index (κ3) is 15.9. The second kappa shape index (κ2) is 21.0. The molecule has 0 aromatic heterocycles. The number of alkyl carbamates (subject to hydrolysis) is 2. The molecule has 3 rings (SSSR count). The van der Waals surface area contributed by atoms with Crippen molar-refractivity contribution in [3.05, 3.63) is 77.4 Å². The first kappa shape index (κ1) is 50.0. The molecular formula is C45H64N2O13Si. The summed E-state index contributed by atoms with van der Waals surface area (Å²) in [7, 11) is 1.72. The molecule has 0 spiro atoms. The molecule has 3 N–H and O–H groups in total. The third-order valence-corrected chi connectivity index (χ3v) is 14.1. The van der Waals surface area contributed by atoms with Crippen LogP contribution in [-0.4, -0.2) is 88.8 Å². The van der Waals surface area contributed by atoms with Crippen LogP contribution in [0.4, 0.5) is 9.59 Å². The summed E-state index contributed by atoms with van der Waals surface area (Å²) in [6.07, 6.45) is -2.33. The Balaban J connectivity index is 1.94. The minimum absolute atomic E-state index is 0.0302. The van der Waals surface area contributed by atoms with Gasteiger partial charge in [-0.3, -0.25) is 0 Å². The molecule has 0 unspecified atom stereocenters. The lowest BCUT2D eigenvalue weighted by atomic mass is 10.1. The SMILES string of the molecule is COC(=O)[C@H](Cc1ccc(Oc2cc([C@H](O)CO[Si](C)(C)C(C)(C)C)cc(Oc3ccc(C[C@H](NC(=O)OC(C)(C)C)C(=O)OC)cc3)c2OC)cc1)NC(=O)OC(C)(C)C. The van der Waals surface area contributed by atoms with E-state index in [2.05, 4.69) is 44.5 Å². The zero-order chi connectivity index (χ0) is 45.9. The number of benzene rings is 3. The number of nitrogens with one attached hydrogen (secondary N) is 2. The predicted octanol–water partition coefficient (Wildman–Crippen LogP) is 8.55. The Morgan fingerprint density at radius 3 is 1.33 bits per heavy atom. The van der Waals surface area contributed by atoms with Crippen molar-refractivity contribution in [2.24, 2.45) is 0 Å². The lowest BCUT2D eigenvalue weighted by Gasteiger charge is -2.36. The van der Waals surface area contributed by atoms with Crippen LogP contribution in [0.25, 0.3) is 0 Å². The van der Waals surface area contributed by atoms with Gasteiger partial charge >= 0.3 is 24.1 Å². The van der Waals surface area contributed by atoms with Crippen LogP contribution in [0, 0.1) is 0 Å². The summed E-state index contributed by atoms with van der Waals surface area (Å²) in [6, 6.07) is 15.1. The van der Waals surface area contributed by atoms with E-state index in [9.17, 15) is 24.3 Å². The number of ether oxygens (including phenoxy) is 7. The van der Waals surface area contributed by atoms with Gasteiger partial charge in [0.1, 0.15) is 40.9 Å². The van der Waals surface area contributed by atoms with Crippen LogP contribution in [0.1, 0.15) is 85.1 Å². The second-order valence-corrected chi connectivity index (χ2v) is 22.8. The van der Waals surface area contributed by atoms with Crippen molar-refractivity contribution < 1.29 is 61.9 Å². The van der Waals surface area contributed by atoms with E-state index in [1.807, 2.05) is 0 Å². The number of rotatable bonds is 17. The molecule has 0 aliphatic heterocycles. The largest absolute Gasteiger partial charge is 0.490 e. The first-order valence-electron chi connectivity index (χ1n) is 20.0. The normalized spacial score (nSPS) is 13.5. The van der Waals surface area contributed by atoms with Crippen molar-refractivity contribution in [1.29, 1.82) is 0 Å². The van der Waals surface area contributed by atoms with Crippen LogP contribution < -0.4 is 24.8 Å². The van der Waals surface area contributed by atoms with Gasteiger partial charge in [0, 0.05) is 12.8 Å². The molecule has 0 radical (unpaired) electrons. The number of carbonyl (C=O) groups excluding carboxylic acids is 4. The van der Waals surface area contributed by atoms with Crippen molar-refractivity contribution in [2.45, 2.75) is 123 Å². The maximum Gasteiger partial charge on any atom is 0.408 e. The second-order valence-electron chi connectivity index (χ2n) is 18.0. The summed E-state index contributed by atoms with van der Waals surface area (Å²) >= 11 is 0. The van der Waals surface area contributed by atoms with Crippen LogP contribution in [0.15, 0.2) is 60.7 Å². The van der Waals surface area contributed by atoms with Gasteiger partial charge in [-0.25, -0.2) is 19.2 Å². The number of hydrogen-bond donors (Lipinski definition) is 3. The van der Waals surface area contributed by atoms with Crippen LogP contribution in [0.2, 0.25) is 18.1 Å². The number of aliphatic hydroxyl groups is 1. The highest BCUT2D eigenvalue weighted by Gasteiger charge is 2.38. The molecule has 0 aliphatic rings. The fourth-order valence-electron chi connectivity index (χ4n) is 5.43. The molecule has 3 aromatic rings. The molecular weight excluding hydrogens is 805 g/mol. The number of hydrogen-bond acceptors (Lipinski definition) is 13. The monoisotopic (exact) mass is 868 g/mol. The molecule has 0 saturated carbocycles. The van der Waals surface area contributed by atoms with Gasteiger partial charge in [0.15, 0.2) is 19.8 Å². The van der Waals surface area contributed by atoms with E-state index in [0.29, 0.717) is 28.2 Å². The highest BCUT2D eigenvalue weighted by molar-refractivity contribution is 6.74. The molecule has 0 aliphatic carbocycles.